The maximum atomic E-state index is 11.4. The number of nitrogens with zero attached hydrogens (tertiary/aromatic N) is 3. The molecule has 0 aliphatic carbocycles. The fraction of sp³-hybridized carbons (Fsp3) is 0.300. The summed E-state index contributed by atoms with van der Waals surface area (Å²) in [6.45, 7) is 0.332. The Balaban J connectivity index is 2.26. The highest BCUT2D eigenvalue weighted by Crippen LogP contribution is 2.37. The summed E-state index contributed by atoms with van der Waals surface area (Å²) in [5.74, 6) is 0. The van der Waals surface area contributed by atoms with Gasteiger partial charge in [0.15, 0.2) is 14.8 Å². The van der Waals surface area contributed by atoms with Gasteiger partial charge in [0.05, 0.1) is 11.1 Å². The van der Waals surface area contributed by atoms with Crippen molar-refractivity contribution >= 4 is 31.9 Å². The van der Waals surface area contributed by atoms with E-state index in [1.54, 1.807) is 24.1 Å². The van der Waals surface area contributed by atoms with E-state index < -0.39 is 14.8 Å². The van der Waals surface area contributed by atoms with E-state index in [1.165, 1.54) is 0 Å². The van der Waals surface area contributed by atoms with Crippen molar-refractivity contribution in [1.82, 2.24) is 9.78 Å². The number of hydrogen-bond donors (Lipinski definition) is 1. The highest BCUT2D eigenvalue weighted by Gasteiger charge is 2.23. The van der Waals surface area contributed by atoms with E-state index in [9.17, 15) is 18.5 Å². The van der Waals surface area contributed by atoms with Gasteiger partial charge in [-0.3, -0.25) is 14.8 Å². The van der Waals surface area contributed by atoms with E-state index in [1.807, 2.05) is 0 Å². The van der Waals surface area contributed by atoms with Gasteiger partial charge in [0, 0.05) is 37.7 Å². The summed E-state index contributed by atoms with van der Waals surface area (Å²) in [7, 11) is -1.70. The SMILES string of the molecule is Cn1cc(CNc2sc(S(C)(=O)=O)cc2[N+](=O)[O-])cn1. The van der Waals surface area contributed by atoms with Crippen molar-refractivity contribution in [2.45, 2.75) is 10.8 Å². The molecule has 0 amide bonds. The molecule has 108 valence electrons. The molecule has 10 heteroatoms. The third kappa shape index (κ3) is 3.14. The summed E-state index contributed by atoms with van der Waals surface area (Å²) in [6, 6.07) is 1.07. The predicted molar refractivity (Wildman–Crippen MR) is 74.6 cm³/mol. The normalized spacial score (nSPS) is 11.5. The van der Waals surface area contributed by atoms with Crippen LogP contribution in [0.3, 0.4) is 0 Å². The molecule has 0 spiro atoms. The highest BCUT2D eigenvalue weighted by atomic mass is 32.2. The Hall–Kier alpha value is -1.94. The molecule has 0 aliphatic heterocycles. The van der Waals surface area contributed by atoms with E-state index in [-0.39, 0.29) is 14.9 Å². The molecule has 0 bridgehead atoms. The number of thiophene rings is 1. The second-order valence-electron chi connectivity index (χ2n) is 4.18. The maximum absolute atomic E-state index is 11.4. The first-order valence-corrected chi connectivity index (χ1v) is 8.18. The molecule has 0 aliphatic rings. The van der Waals surface area contributed by atoms with E-state index in [0.717, 1.165) is 29.2 Å². The molecule has 0 unspecified atom stereocenters. The fourth-order valence-corrected chi connectivity index (χ4v) is 3.49. The van der Waals surface area contributed by atoms with Crippen molar-refractivity contribution in [3.8, 4) is 0 Å². The Morgan fingerprint density at radius 1 is 1.55 bits per heavy atom. The lowest BCUT2D eigenvalue weighted by Crippen LogP contribution is -1.99. The summed E-state index contributed by atoms with van der Waals surface area (Å²) >= 11 is 0.853. The third-order valence-corrected chi connectivity index (χ3v) is 5.35. The molecule has 2 aromatic heterocycles. The topological polar surface area (TPSA) is 107 Å². The first-order valence-electron chi connectivity index (χ1n) is 5.47. The maximum Gasteiger partial charge on any atom is 0.304 e. The van der Waals surface area contributed by atoms with Crippen LogP contribution in [-0.2, 0) is 23.4 Å². The highest BCUT2D eigenvalue weighted by molar-refractivity contribution is 7.92. The van der Waals surface area contributed by atoms with Crippen molar-refractivity contribution in [3.63, 3.8) is 0 Å². The van der Waals surface area contributed by atoms with Crippen molar-refractivity contribution < 1.29 is 13.3 Å². The summed E-state index contributed by atoms with van der Waals surface area (Å²) < 4.78 is 24.5. The molecule has 1 N–H and O–H groups in total. The number of aryl methyl sites for hydroxylation is 1. The standard InChI is InChI=1S/C10H12N4O4S2/c1-13-6-7(5-12-13)4-11-10-8(14(15)16)3-9(19-10)20(2,17)18/h3,5-6,11H,4H2,1-2H3. The second-order valence-corrected chi connectivity index (χ2v) is 7.48. The Kier molecular flexibility index (Phi) is 3.77. The van der Waals surface area contributed by atoms with Crippen LogP contribution in [0.4, 0.5) is 10.7 Å². The summed E-state index contributed by atoms with van der Waals surface area (Å²) in [5, 5.41) is 18.0. The Morgan fingerprint density at radius 3 is 2.75 bits per heavy atom. The first-order chi connectivity index (χ1) is 9.27. The lowest BCUT2D eigenvalue weighted by molar-refractivity contribution is -0.383. The van der Waals surface area contributed by atoms with Gasteiger partial charge in [0.25, 0.3) is 0 Å². The lowest BCUT2D eigenvalue weighted by Gasteiger charge is -2.00. The summed E-state index contributed by atoms with van der Waals surface area (Å²) in [6.07, 6.45) is 4.42. The molecule has 0 aromatic carbocycles. The number of aromatic nitrogens is 2. The lowest BCUT2D eigenvalue weighted by atomic mass is 10.3. The van der Waals surface area contributed by atoms with Gasteiger partial charge in [-0.2, -0.15) is 5.10 Å². The molecule has 2 rings (SSSR count). The minimum atomic E-state index is -3.46. The van der Waals surface area contributed by atoms with Gasteiger partial charge in [-0.25, -0.2) is 8.42 Å². The molecule has 2 aromatic rings. The van der Waals surface area contributed by atoms with Crippen LogP contribution in [0.25, 0.3) is 0 Å². The van der Waals surface area contributed by atoms with Gasteiger partial charge in [0.2, 0.25) is 0 Å². The van der Waals surface area contributed by atoms with Gasteiger partial charge < -0.3 is 5.32 Å². The quantitative estimate of drug-likeness (QED) is 0.660. The molecule has 0 atom stereocenters. The molecule has 8 nitrogen and oxygen atoms in total. The van der Waals surface area contributed by atoms with E-state index in [2.05, 4.69) is 10.4 Å². The van der Waals surface area contributed by atoms with Gasteiger partial charge in [0.1, 0.15) is 4.21 Å². The monoisotopic (exact) mass is 316 g/mol. The fourth-order valence-electron chi connectivity index (χ4n) is 1.55. The van der Waals surface area contributed by atoms with Crippen LogP contribution in [0, 0.1) is 10.1 Å². The summed E-state index contributed by atoms with van der Waals surface area (Å²) in [5.41, 5.74) is 0.607. The van der Waals surface area contributed by atoms with Crippen LogP contribution >= 0.6 is 11.3 Å². The number of rotatable bonds is 5. The molecule has 0 radical (unpaired) electrons. The zero-order chi connectivity index (χ0) is 14.9. The van der Waals surface area contributed by atoms with Crippen LogP contribution in [0.5, 0.6) is 0 Å². The first kappa shape index (κ1) is 14.5. The van der Waals surface area contributed by atoms with E-state index in [4.69, 9.17) is 0 Å². The van der Waals surface area contributed by atoms with Gasteiger partial charge in [-0.1, -0.05) is 11.3 Å². The summed E-state index contributed by atoms with van der Waals surface area (Å²) in [4.78, 5) is 10.3. The van der Waals surface area contributed by atoms with Crippen LogP contribution in [0.15, 0.2) is 22.7 Å². The van der Waals surface area contributed by atoms with Gasteiger partial charge in [-0.05, 0) is 0 Å². The second kappa shape index (κ2) is 5.21. The molecule has 0 fully saturated rings. The number of hydrogen-bond acceptors (Lipinski definition) is 7. The number of anilines is 1. The largest absolute Gasteiger partial charge is 0.367 e. The number of nitrogens with one attached hydrogen (secondary N) is 1. The third-order valence-electron chi connectivity index (χ3n) is 2.46. The van der Waals surface area contributed by atoms with E-state index >= 15 is 0 Å². The van der Waals surface area contributed by atoms with Gasteiger partial charge in [-0.15, -0.1) is 0 Å². The predicted octanol–water partition coefficient (Wildman–Crippen LogP) is 1.41. The Morgan fingerprint density at radius 2 is 2.25 bits per heavy atom. The van der Waals surface area contributed by atoms with Crippen molar-refractivity contribution in [2.75, 3.05) is 11.6 Å². The van der Waals surface area contributed by atoms with Crippen molar-refractivity contribution in [2.24, 2.45) is 7.05 Å². The van der Waals surface area contributed by atoms with Crippen LogP contribution < -0.4 is 5.32 Å². The molecular formula is C10H12N4O4S2. The minimum absolute atomic E-state index is 0.0297. The molecule has 20 heavy (non-hydrogen) atoms. The van der Waals surface area contributed by atoms with Crippen LogP contribution in [0.2, 0.25) is 0 Å². The Labute approximate surface area is 119 Å². The Bertz CT molecular complexity index is 747. The number of sulfone groups is 1. The minimum Gasteiger partial charge on any atom is -0.367 e. The zero-order valence-corrected chi connectivity index (χ0v) is 12.4. The average Bonchev–Trinajstić information content (AvgIpc) is 2.91. The molecular weight excluding hydrogens is 304 g/mol. The van der Waals surface area contributed by atoms with Crippen molar-refractivity contribution in [3.05, 3.63) is 34.1 Å². The molecule has 2 heterocycles. The smallest absolute Gasteiger partial charge is 0.304 e. The van der Waals surface area contributed by atoms with Crippen molar-refractivity contribution in [1.29, 1.82) is 0 Å². The van der Waals surface area contributed by atoms with Crippen LogP contribution in [0.1, 0.15) is 5.56 Å². The molecule has 0 saturated carbocycles. The van der Waals surface area contributed by atoms with Gasteiger partial charge >= 0.3 is 5.69 Å². The van der Waals surface area contributed by atoms with E-state index in [0.29, 0.717) is 6.54 Å². The molecule has 0 saturated heterocycles. The average molecular weight is 316 g/mol. The van der Waals surface area contributed by atoms with Crippen LogP contribution in [-0.4, -0.2) is 29.4 Å². The zero-order valence-electron chi connectivity index (χ0n) is 10.7. The number of nitro groups is 1.